The lowest BCUT2D eigenvalue weighted by atomic mass is 10.0. The van der Waals surface area contributed by atoms with Crippen LogP contribution < -0.4 is 5.32 Å². The first kappa shape index (κ1) is 12.0. The third kappa shape index (κ3) is 2.27. The van der Waals surface area contributed by atoms with Crippen LogP contribution in [-0.2, 0) is 16.1 Å². The fraction of sp³-hybridized carbons (Fsp3) is 0.267. The van der Waals surface area contributed by atoms with Crippen LogP contribution in [0.2, 0.25) is 0 Å². The van der Waals surface area contributed by atoms with Gasteiger partial charge in [-0.15, -0.1) is 0 Å². The zero-order chi connectivity index (χ0) is 13.2. The minimum absolute atomic E-state index is 0.209. The fourth-order valence-corrected chi connectivity index (χ4v) is 2.42. The van der Waals surface area contributed by atoms with Gasteiger partial charge in [0.05, 0.1) is 6.61 Å². The molecule has 1 aliphatic rings. The molecule has 98 valence electrons. The highest BCUT2D eigenvalue weighted by atomic mass is 16.5. The zero-order valence-electron chi connectivity index (χ0n) is 10.4. The van der Waals surface area contributed by atoms with Crippen LogP contribution in [0, 0.1) is 0 Å². The Morgan fingerprint density at radius 1 is 1.26 bits per heavy atom. The van der Waals surface area contributed by atoms with Gasteiger partial charge in [-0.1, -0.05) is 30.3 Å². The lowest BCUT2D eigenvalue weighted by Gasteiger charge is -2.12. The molecule has 0 aliphatic carbocycles. The predicted molar refractivity (Wildman–Crippen MR) is 71.8 cm³/mol. The summed E-state index contributed by atoms with van der Waals surface area (Å²) in [6.07, 6.45) is 0.685. The molecule has 0 aromatic heterocycles. The van der Waals surface area contributed by atoms with Crippen LogP contribution in [0.5, 0.6) is 5.75 Å². The Morgan fingerprint density at radius 2 is 2.11 bits per heavy atom. The van der Waals surface area contributed by atoms with E-state index in [0.717, 1.165) is 16.3 Å². The van der Waals surface area contributed by atoms with E-state index < -0.39 is 0 Å². The van der Waals surface area contributed by atoms with Crippen LogP contribution in [0.3, 0.4) is 0 Å². The number of rotatable bonds is 3. The van der Waals surface area contributed by atoms with Crippen LogP contribution in [0.15, 0.2) is 36.4 Å². The van der Waals surface area contributed by atoms with Crippen molar-refractivity contribution in [1.29, 1.82) is 0 Å². The number of hydrogen-bond acceptors (Lipinski definition) is 4. The molecule has 0 spiro atoms. The second kappa shape index (κ2) is 4.90. The highest BCUT2D eigenvalue weighted by molar-refractivity contribution is 5.87. The number of esters is 1. The van der Waals surface area contributed by atoms with Gasteiger partial charge in [0.25, 0.3) is 0 Å². The molecule has 1 unspecified atom stereocenters. The molecule has 0 amide bonds. The molecule has 1 saturated heterocycles. The number of benzene rings is 2. The standard InChI is InChI=1S/C15H15NO3/c17-14-6-5-10-3-1-2-4-11(10)12(14)9-16-13-7-8-19-15(13)18/h1-6,13,16-17H,7-9H2. The molecule has 0 saturated carbocycles. The van der Waals surface area contributed by atoms with E-state index >= 15 is 0 Å². The van der Waals surface area contributed by atoms with Gasteiger partial charge in [-0.25, -0.2) is 0 Å². The maximum atomic E-state index is 11.4. The van der Waals surface area contributed by atoms with Gasteiger partial charge in [0.15, 0.2) is 0 Å². The monoisotopic (exact) mass is 257 g/mol. The van der Waals surface area contributed by atoms with E-state index in [1.165, 1.54) is 0 Å². The number of aromatic hydroxyl groups is 1. The Labute approximate surface area is 111 Å². The van der Waals surface area contributed by atoms with Gasteiger partial charge in [-0.05, 0) is 16.8 Å². The van der Waals surface area contributed by atoms with Gasteiger partial charge in [-0.2, -0.15) is 0 Å². The molecule has 2 aromatic carbocycles. The predicted octanol–water partition coefficient (Wildman–Crippen LogP) is 1.95. The summed E-state index contributed by atoms with van der Waals surface area (Å²) >= 11 is 0. The Bertz CT molecular complexity index is 624. The smallest absolute Gasteiger partial charge is 0.323 e. The molecule has 3 rings (SSSR count). The van der Waals surface area contributed by atoms with Crippen molar-refractivity contribution in [2.45, 2.75) is 19.0 Å². The van der Waals surface area contributed by atoms with Crippen molar-refractivity contribution < 1.29 is 14.6 Å². The molecule has 1 heterocycles. The average Bonchev–Trinajstić information content (AvgIpc) is 2.83. The van der Waals surface area contributed by atoms with E-state index in [0.29, 0.717) is 19.6 Å². The van der Waals surface area contributed by atoms with Crippen molar-refractivity contribution in [3.05, 3.63) is 42.0 Å². The molecule has 1 atom stereocenters. The van der Waals surface area contributed by atoms with Crippen LogP contribution in [0.4, 0.5) is 0 Å². The molecule has 4 nitrogen and oxygen atoms in total. The Morgan fingerprint density at radius 3 is 2.89 bits per heavy atom. The van der Waals surface area contributed by atoms with Crippen LogP contribution >= 0.6 is 0 Å². The highest BCUT2D eigenvalue weighted by Gasteiger charge is 2.26. The van der Waals surface area contributed by atoms with Crippen LogP contribution in [0.25, 0.3) is 10.8 Å². The molecule has 2 aromatic rings. The Balaban J connectivity index is 1.87. The quantitative estimate of drug-likeness (QED) is 0.825. The summed E-state index contributed by atoms with van der Waals surface area (Å²) in [7, 11) is 0. The zero-order valence-corrected chi connectivity index (χ0v) is 10.4. The number of phenols is 1. The van der Waals surface area contributed by atoms with Crippen LogP contribution in [0.1, 0.15) is 12.0 Å². The molecule has 1 aliphatic heterocycles. The summed E-state index contributed by atoms with van der Waals surface area (Å²) in [5.74, 6) is 0.0392. The normalized spacial score (nSPS) is 18.7. The number of nitrogens with one attached hydrogen (secondary N) is 1. The Kier molecular flexibility index (Phi) is 3.09. The number of phenolic OH excluding ortho intramolecular Hbond substituents is 1. The second-order valence-corrected chi connectivity index (χ2v) is 4.67. The third-order valence-electron chi connectivity index (χ3n) is 3.48. The van der Waals surface area contributed by atoms with Crippen molar-refractivity contribution in [2.24, 2.45) is 0 Å². The van der Waals surface area contributed by atoms with Gasteiger partial charge >= 0.3 is 5.97 Å². The highest BCUT2D eigenvalue weighted by Crippen LogP contribution is 2.27. The largest absolute Gasteiger partial charge is 0.508 e. The molecule has 4 heteroatoms. The summed E-state index contributed by atoms with van der Waals surface area (Å²) in [6, 6.07) is 11.2. The van der Waals surface area contributed by atoms with E-state index in [9.17, 15) is 9.90 Å². The van der Waals surface area contributed by atoms with Gasteiger partial charge in [-0.3, -0.25) is 4.79 Å². The van der Waals surface area contributed by atoms with Crippen molar-refractivity contribution >= 4 is 16.7 Å². The van der Waals surface area contributed by atoms with Crippen molar-refractivity contribution in [3.8, 4) is 5.75 Å². The SMILES string of the molecule is O=C1OCCC1NCc1c(O)ccc2ccccc12. The summed E-state index contributed by atoms with van der Waals surface area (Å²) in [5.41, 5.74) is 0.817. The van der Waals surface area contributed by atoms with E-state index in [-0.39, 0.29) is 17.8 Å². The first-order valence-corrected chi connectivity index (χ1v) is 6.35. The maximum Gasteiger partial charge on any atom is 0.323 e. The summed E-state index contributed by atoms with van der Waals surface area (Å²) < 4.78 is 4.91. The van der Waals surface area contributed by atoms with Gasteiger partial charge in [0, 0.05) is 18.5 Å². The number of carbonyl (C=O) groups is 1. The minimum atomic E-state index is -0.265. The lowest BCUT2D eigenvalue weighted by Crippen LogP contribution is -2.32. The van der Waals surface area contributed by atoms with Gasteiger partial charge < -0.3 is 15.2 Å². The molecule has 2 N–H and O–H groups in total. The number of carbonyl (C=O) groups excluding carboxylic acids is 1. The second-order valence-electron chi connectivity index (χ2n) is 4.67. The molecule has 0 bridgehead atoms. The number of cyclic esters (lactones) is 1. The number of fused-ring (bicyclic) bond motifs is 1. The summed E-state index contributed by atoms with van der Waals surface area (Å²) in [5, 5.41) is 15.2. The van der Waals surface area contributed by atoms with E-state index in [1.807, 2.05) is 30.3 Å². The molecule has 0 radical (unpaired) electrons. The first-order chi connectivity index (χ1) is 9.25. The van der Waals surface area contributed by atoms with E-state index in [2.05, 4.69) is 5.32 Å². The van der Waals surface area contributed by atoms with Crippen molar-refractivity contribution in [3.63, 3.8) is 0 Å². The Hall–Kier alpha value is -2.07. The van der Waals surface area contributed by atoms with Crippen LogP contribution in [-0.4, -0.2) is 23.7 Å². The topological polar surface area (TPSA) is 58.6 Å². The number of hydrogen-bond donors (Lipinski definition) is 2. The van der Waals surface area contributed by atoms with Gasteiger partial charge in [0.2, 0.25) is 0 Å². The third-order valence-corrected chi connectivity index (χ3v) is 3.48. The molecular weight excluding hydrogens is 242 g/mol. The maximum absolute atomic E-state index is 11.4. The minimum Gasteiger partial charge on any atom is -0.508 e. The van der Waals surface area contributed by atoms with Crippen molar-refractivity contribution in [1.82, 2.24) is 5.32 Å². The fourth-order valence-electron chi connectivity index (χ4n) is 2.42. The van der Waals surface area contributed by atoms with Crippen molar-refractivity contribution in [2.75, 3.05) is 6.61 Å². The van der Waals surface area contributed by atoms with E-state index in [4.69, 9.17) is 4.74 Å². The molecule has 19 heavy (non-hydrogen) atoms. The lowest BCUT2D eigenvalue weighted by molar-refractivity contribution is -0.139. The van der Waals surface area contributed by atoms with Gasteiger partial charge in [0.1, 0.15) is 11.8 Å². The molecule has 1 fully saturated rings. The summed E-state index contributed by atoms with van der Waals surface area (Å²) in [4.78, 5) is 11.4. The summed E-state index contributed by atoms with van der Waals surface area (Å²) in [6.45, 7) is 0.922. The first-order valence-electron chi connectivity index (χ1n) is 6.35. The van der Waals surface area contributed by atoms with E-state index in [1.54, 1.807) is 6.07 Å². The molecular formula is C15H15NO3. The number of ether oxygens (including phenoxy) is 1. The average molecular weight is 257 g/mol.